The van der Waals surface area contributed by atoms with E-state index in [1.807, 2.05) is 12.1 Å². The van der Waals surface area contributed by atoms with Crippen molar-refractivity contribution >= 4 is 28.5 Å². The standard InChI is InChI=1S/C15H14N4O3/c16-7-12-15(10-3-1-2-4-11(10)22-12)18-14(21)9-19-6-5-17-13(20)8-19/h1-4H,5-6,8-9H2,(H,17,20)(H,18,21). The average molecular weight is 298 g/mol. The van der Waals surface area contributed by atoms with Gasteiger partial charge < -0.3 is 15.1 Å². The molecule has 1 aromatic carbocycles. The molecule has 7 nitrogen and oxygen atoms in total. The van der Waals surface area contributed by atoms with E-state index in [1.54, 1.807) is 23.1 Å². The number of anilines is 1. The van der Waals surface area contributed by atoms with Gasteiger partial charge in [0.25, 0.3) is 0 Å². The summed E-state index contributed by atoms with van der Waals surface area (Å²) in [6.45, 7) is 1.45. The fourth-order valence-electron chi connectivity index (χ4n) is 2.46. The van der Waals surface area contributed by atoms with Crippen molar-refractivity contribution in [3.63, 3.8) is 0 Å². The minimum Gasteiger partial charge on any atom is -0.443 e. The summed E-state index contributed by atoms with van der Waals surface area (Å²) in [6.07, 6.45) is 0. The van der Waals surface area contributed by atoms with Crippen LogP contribution >= 0.6 is 0 Å². The van der Waals surface area contributed by atoms with Crippen LogP contribution in [0.15, 0.2) is 28.7 Å². The van der Waals surface area contributed by atoms with Crippen molar-refractivity contribution in [2.24, 2.45) is 0 Å². The molecule has 0 aliphatic carbocycles. The maximum absolute atomic E-state index is 12.2. The number of rotatable bonds is 3. The highest BCUT2D eigenvalue weighted by molar-refractivity contribution is 6.03. The Morgan fingerprint density at radius 3 is 3.05 bits per heavy atom. The zero-order valence-electron chi connectivity index (χ0n) is 11.8. The molecule has 0 radical (unpaired) electrons. The third kappa shape index (κ3) is 2.77. The summed E-state index contributed by atoms with van der Waals surface area (Å²) < 4.78 is 5.40. The molecular formula is C15H14N4O3. The van der Waals surface area contributed by atoms with Crippen LogP contribution in [0, 0.1) is 11.3 Å². The summed E-state index contributed by atoms with van der Waals surface area (Å²) in [6, 6.07) is 9.07. The van der Waals surface area contributed by atoms with E-state index in [1.165, 1.54) is 0 Å². The number of carbonyl (C=O) groups excluding carboxylic acids is 2. The van der Waals surface area contributed by atoms with Crippen LogP contribution in [0.4, 0.5) is 5.69 Å². The Morgan fingerprint density at radius 2 is 2.27 bits per heavy atom. The second kappa shape index (κ2) is 5.87. The van der Waals surface area contributed by atoms with E-state index in [-0.39, 0.29) is 30.7 Å². The molecule has 0 saturated carbocycles. The smallest absolute Gasteiger partial charge is 0.238 e. The number of fused-ring (bicyclic) bond motifs is 1. The van der Waals surface area contributed by atoms with Crippen LogP contribution in [0.1, 0.15) is 5.76 Å². The number of furan rings is 1. The summed E-state index contributed by atoms with van der Waals surface area (Å²) in [5.41, 5.74) is 0.927. The number of nitrogens with zero attached hydrogens (tertiary/aromatic N) is 2. The highest BCUT2D eigenvalue weighted by Crippen LogP contribution is 2.30. The van der Waals surface area contributed by atoms with Gasteiger partial charge in [0.2, 0.25) is 17.6 Å². The molecule has 2 amide bonds. The van der Waals surface area contributed by atoms with E-state index in [4.69, 9.17) is 9.68 Å². The maximum atomic E-state index is 12.2. The van der Waals surface area contributed by atoms with E-state index < -0.39 is 0 Å². The molecule has 1 aliphatic rings. The van der Waals surface area contributed by atoms with Gasteiger partial charge in [-0.3, -0.25) is 14.5 Å². The first-order chi connectivity index (χ1) is 10.7. The lowest BCUT2D eigenvalue weighted by Crippen LogP contribution is -2.49. The normalized spacial score (nSPS) is 15.3. The maximum Gasteiger partial charge on any atom is 0.238 e. The van der Waals surface area contributed by atoms with Crippen molar-refractivity contribution in [3.8, 4) is 6.07 Å². The molecule has 1 fully saturated rings. The van der Waals surface area contributed by atoms with Crippen LogP contribution in [0.25, 0.3) is 11.0 Å². The summed E-state index contributed by atoms with van der Waals surface area (Å²) in [5, 5.41) is 15.2. The van der Waals surface area contributed by atoms with Crippen molar-refractivity contribution in [3.05, 3.63) is 30.0 Å². The molecule has 1 aromatic heterocycles. The Kier molecular flexibility index (Phi) is 3.76. The van der Waals surface area contributed by atoms with Crippen LogP contribution in [-0.2, 0) is 9.59 Å². The van der Waals surface area contributed by atoms with Crippen molar-refractivity contribution in [1.82, 2.24) is 10.2 Å². The first kappa shape index (κ1) is 14.1. The van der Waals surface area contributed by atoms with E-state index in [0.29, 0.717) is 29.7 Å². The minimum absolute atomic E-state index is 0.0749. The molecule has 2 N–H and O–H groups in total. The van der Waals surface area contributed by atoms with Crippen LogP contribution in [0.2, 0.25) is 0 Å². The monoisotopic (exact) mass is 298 g/mol. The predicted octanol–water partition coefficient (Wildman–Crippen LogP) is 0.675. The Morgan fingerprint density at radius 1 is 1.45 bits per heavy atom. The molecule has 2 aromatic rings. The zero-order chi connectivity index (χ0) is 15.5. The van der Waals surface area contributed by atoms with Gasteiger partial charge in [0.05, 0.1) is 13.1 Å². The lowest BCUT2D eigenvalue weighted by atomic mass is 10.2. The number of hydrogen-bond acceptors (Lipinski definition) is 5. The molecule has 3 rings (SSSR count). The second-order valence-electron chi connectivity index (χ2n) is 5.02. The highest BCUT2D eigenvalue weighted by atomic mass is 16.3. The zero-order valence-corrected chi connectivity index (χ0v) is 11.8. The quantitative estimate of drug-likeness (QED) is 0.868. The molecule has 0 bridgehead atoms. The topological polar surface area (TPSA) is 98.4 Å². The Bertz CT molecular complexity index is 775. The fourth-order valence-corrected chi connectivity index (χ4v) is 2.46. The number of benzene rings is 1. The molecule has 0 unspecified atom stereocenters. The molecule has 1 saturated heterocycles. The molecular weight excluding hydrogens is 284 g/mol. The molecule has 7 heteroatoms. The summed E-state index contributed by atoms with van der Waals surface area (Å²) in [4.78, 5) is 25.2. The van der Waals surface area contributed by atoms with E-state index in [9.17, 15) is 9.59 Å². The van der Waals surface area contributed by atoms with Gasteiger partial charge in [0.1, 0.15) is 17.3 Å². The minimum atomic E-state index is -0.280. The Hall–Kier alpha value is -2.85. The lowest BCUT2D eigenvalue weighted by molar-refractivity contribution is -0.125. The van der Waals surface area contributed by atoms with Gasteiger partial charge in [-0.15, -0.1) is 0 Å². The molecule has 2 heterocycles. The number of carbonyl (C=O) groups is 2. The largest absolute Gasteiger partial charge is 0.443 e. The predicted molar refractivity (Wildman–Crippen MR) is 79.0 cm³/mol. The van der Waals surface area contributed by atoms with Crippen LogP contribution in [0.5, 0.6) is 0 Å². The first-order valence-electron chi connectivity index (χ1n) is 6.88. The lowest BCUT2D eigenvalue weighted by Gasteiger charge is -2.25. The van der Waals surface area contributed by atoms with Gasteiger partial charge in [-0.05, 0) is 12.1 Å². The van der Waals surface area contributed by atoms with Gasteiger partial charge >= 0.3 is 0 Å². The van der Waals surface area contributed by atoms with Crippen molar-refractivity contribution in [1.29, 1.82) is 5.26 Å². The highest BCUT2D eigenvalue weighted by Gasteiger charge is 2.21. The summed E-state index contributed by atoms with van der Waals surface area (Å²) in [5.74, 6) is -0.297. The van der Waals surface area contributed by atoms with Gasteiger partial charge in [-0.1, -0.05) is 12.1 Å². The number of nitrogens with one attached hydrogen (secondary N) is 2. The average Bonchev–Trinajstić information content (AvgIpc) is 2.85. The number of hydrogen-bond donors (Lipinski definition) is 2. The Labute approximate surface area is 126 Å². The molecule has 1 aliphatic heterocycles. The number of amides is 2. The van der Waals surface area contributed by atoms with Gasteiger partial charge in [-0.25, -0.2) is 0 Å². The van der Waals surface area contributed by atoms with Crippen molar-refractivity contribution < 1.29 is 14.0 Å². The van der Waals surface area contributed by atoms with Gasteiger partial charge in [-0.2, -0.15) is 5.26 Å². The number of para-hydroxylation sites is 1. The molecule has 112 valence electrons. The molecule has 0 spiro atoms. The SMILES string of the molecule is N#Cc1oc2ccccc2c1NC(=O)CN1CCNC(=O)C1. The molecule has 22 heavy (non-hydrogen) atoms. The van der Waals surface area contributed by atoms with Crippen LogP contribution in [-0.4, -0.2) is 42.9 Å². The third-order valence-electron chi connectivity index (χ3n) is 3.45. The van der Waals surface area contributed by atoms with Gasteiger partial charge in [0, 0.05) is 18.5 Å². The third-order valence-corrected chi connectivity index (χ3v) is 3.45. The second-order valence-corrected chi connectivity index (χ2v) is 5.02. The number of piperazine rings is 1. The van der Waals surface area contributed by atoms with Gasteiger partial charge in [0.15, 0.2) is 0 Å². The van der Waals surface area contributed by atoms with Crippen LogP contribution in [0.3, 0.4) is 0 Å². The van der Waals surface area contributed by atoms with E-state index in [0.717, 1.165) is 0 Å². The summed E-state index contributed by atoms with van der Waals surface area (Å²) >= 11 is 0. The first-order valence-corrected chi connectivity index (χ1v) is 6.88. The van der Waals surface area contributed by atoms with Crippen molar-refractivity contribution in [2.75, 3.05) is 31.5 Å². The van der Waals surface area contributed by atoms with Crippen LogP contribution < -0.4 is 10.6 Å². The fraction of sp³-hybridized carbons (Fsp3) is 0.267. The van der Waals surface area contributed by atoms with E-state index >= 15 is 0 Å². The van der Waals surface area contributed by atoms with E-state index in [2.05, 4.69) is 10.6 Å². The Balaban J connectivity index is 1.76. The summed E-state index contributed by atoms with van der Waals surface area (Å²) in [7, 11) is 0. The van der Waals surface area contributed by atoms with Crippen molar-refractivity contribution in [2.45, 2.75) is 0 Å². The molecule has 0 atom stereocenters. The number of nitriles is 1.